The highest BCUT2D eigenvalue weighted by molar-refractivity contribution is 7.47. The third kappa shape index (κ3) is 39.0. The van der Waals surface area contributed by atoms with Crippen LogP contribution in [0.4, 0.5) is 0 Å². The summed E-state index contributed by atoms with van der Waals surface area (Å²) in [5.41, 5.74) is 5.34. The molecule has 53 heavy (non-hydrogen) atoms. The van der Waals surface area contributed by atoms with Crippen molar-refractivity contribution in [2.45, 2.75) is 161 Å². The maximum absolute atomic E-state index is 12.5. The fourth-order valence-electron chi connectivity index (χ4n) is 5.07. The molecule has 2 atom stereocenters. The quantitative estimate of drug-likeness (QED) is 0.0274. The van der Waals surface area contributed by atoms with E-state index in [-0.39, 0.29) is 32.6 Å². The summed E-state index contributed by atoms with van der Waals surface area (Å²) in [6.45, 7) is 3.52. The molecule has 304 valence electrons. The lowest BCUT2D eigenvalue weighted by atomic mass is 10.1. The molecular weight excluding hydrogens is 689 g/mol. The molecule has 0 fully saturated rings. The van der Waals surface area contributed by atoms with Crippen molar-refractivity contribution < 1.29 is 37.6 Å². The topological polar surface area (TPSA) is 134 Å². The number of phosphoric acid groups is 1. The van der Waals surface area contributed by atoms with Gasteiger partial charge < -0.3 is 20.1 Å². The van der Waals surface area contributed by atoms with Crippen LogP contribution >= 0.6 is 7.82 Å². The zero-order valence-electron chi connectivity index (χ0n) is 33.2. The van der Waals surface area contributed by atoms with E-state index in [4.69, 9.17) is 24.3 Å². The molecule has 0 spiro atoms. The summed E-state index contributed by atoms with van der Waals surface area (Å²) < 4.78 is 32.7. The van der Waals surface area contributed by atoms with Gasteiger partial charge in [0.05, 0.1) is 13.2 Å². The number of hydrogen-bond acceptors (Lipinski definition) is 8. The van der Waals surface area contributed by atoms with Crippen molar-refractivity contribution in [2.75, 3.05) is 26.4 Å². The Balaban J connectivity index is 4.27. The van der Waals surface area contributed by atoms with Gasteiger partial charge in [-0.15, -0.1) is 0 Å². The second-order valence-corrected chi connectivity index (χ2v) is 14.6. The summed E-state index contributed by atoms with van der Waals surface area (Å²) in [6, 6.07) is 0. The summed E-state index contributed by atoms with van der Waals surface area (Å²) >= 11 is 0. The molecule has 10 heteroatoms. The largest absolute Gasteiger partial charge is 0.472 e. The fraction of sp³-hybridized carbons (Fsp3) is 0.674. The first-order chi connectivity index (χ1) is 25.8. The second kappa shape index (κ2) is 39.2. The number of unbranched alkanes of at least 4 members (excludes halogenated alkanes) is 12. The Morgan fingerprint density at radius 2 is 1.04 bits per heavy atom. The van der Waals surface area contributed by atoms with Gasteiger partial charge in [0.25, 0.3) is 0 Å². The van der Waals surface area contributed by atoms with E-state index in [1.165, 1.54) is 25.7 Å². The van der Waals surface area contributed by atoms with Crippen molar-refractivity contribution >= 4 is 19.8 Å². The zero-order chi connectivity index (χ0) is 38.9. The van der Waals surface area contributed by atoms with Crippen LogP contribution in [0, 0.1) is 0 Å². The molecule has 0 heterocycles. The van der Waals surface area contributed by atoms with E-state index in [1.807, 2.05) is 0 Å². The van der Waals surface area contributed by atoms with Crippen molar-refractivity contribution in [1.29, 1.82) is 0 Å². The SMILES string of the molecule is CCC=CCC=CCC=CCC=CCCCCCCC(=O)OCC(COP(=O)(O)OCCN)OC(=O)CCCCCCCC=CCC=CCCCCC. The normalized spacial score (nSPS) is 14.1. The van der Waals surface area contributed by atoms with Crippen LogP contribution in [0.15, 0.2) is 72.9 Å². The van der Waals surface area contributed by atoms with E-state index in [1.54, 1.807) is 0 Å². The molecule has 0 rings (SSSR count). The van der Waals surface area contributed by atoms with Crippen molar-refractivity contribution in [3.05, 3.63) is 72.9 Å². The first kappa shape index (κ1) is 50.5. The number of ether oxygens (including phenoxy) is 2. The summed E-state index contributed by atoms with van der Waals surface area (Å²) in [7, 11) is -4.39. The molecule has 3 N–H and O–H groups in total. The highest BCUT2D eigenvalue weighted by Gasteiger charge is 2.25. The van der Waals surface area contributed by atoms with Crippen LogP contribution in [0.1, 0.15) is 155 Å². The lowest BCUT2D eigenvalue weighted by Gasteiger charge is -2.19. The predicted octanol–water partition coefficient (Wildman–Crippen LogP) is 11.5. The van der Waals surface area contributed by atoms with Gasteiger partial charge >= 0.3 is 19.8 Å². The van der Waals surface area contributed by atoms with Crippen LogP contribution in [-0.4, -0.2) is 49.3 Å². The first-order valence-corrected chi connectivity index (χ1v) is 21.9. The maximum atomic E-state index is 12.5. The molecule has 0 aromatic rings. The van der Waals surface area contributed by atoms with Crippen LogP contribution in [0.3, 0.4) is 0 Å². The number of phosphoric ester groups is 1. The van der Waals surface area contributed by atoms with E-state index >= 15 is 0 Å². The lowest BCUT2D eigenvalue weighted by molar-refractivity contribution is -0.161. The highest BCUT2D eigenvalue weighted by atomic mass is 31.2. The Morgan fingerprint density at radius 3 is 1.55 bits per heavy atom. The molecule has 0 aliphatic carbocycles. The fourth-order valence-corrected chi connectivity index (χ4v) is 5.83. The third-order valence-corrected chi connectivity index (χ3v) is 9.06. The van der Waals surface area contributed by atoms with Crippen LogP contribution in [0.25, 0.3) is 0 Å². The molecule has 0 aromatic heterocycles. The van der Waals surface area contributed by atoms with Gasteiger partial charge in [-0.3, -0.25) is 18.6 Å². The molecule has 0 saturated carbocycles. The van der Waals surface area contributed by atoms with Crippen LogP contribution < -0.4 is 5.73 Å². The highest BCUT2D eigenvalue weighted by Crippen LogP contribution is 2.43. The zero-order valence-corrected chi connectivity index (χ0v) is 34.1. The van der Waals surface area contributed by atoms with Gasteiger partial charge in [-0.2, -0.15) is 0 Å². The van der Waals surface area contributed by atoms with Gasteiger partial charge in [-0.1, -0.05) is 132 Å². The van der Waals surface area contributed by atoms with E-state index in [9.17, 15) is 19.0 Å². The number of hydrogen-bond donors (Lipinski definition) is 2. The number of nitrogens with two attached hydrogens (primary N) is 1. The van der Waals surface area contributed by atoms with Gasteiger partial charge in [0.1, 0.15) is 6.61 Å². The Labute approximate surface area is 322 Å². The minimum atomic E-state index is -4.39. The van der Waals surface area contributed by atoms with Crippen LogP contribution in [-0.2, 0) is 32.7 Å². The van der Waals surface area contributed by atoms with Gasteiger partial charge in [0.2, 0.25) is 0 Å². The molecule has 0 bridgehead atoms. The molecule has 2 unspecified atom stereocenters. The van der Waals surface area contributed by atoms with Gasteiger partial charge in [-0.05, 0) is 83.5 Å². The minimum Gasteiger partial charge on any atom is -0.462 e. The van der Waals surface area contributed by atoms with Gasteiger partial charge in [0, 0.05) is 19.4 Å². The average Bonchev–Trinajstić information content (AvgIpc) is 3.14. The van der Waals surface area contributed by atoms with Crippen molar-refractivity contribution in [1.82, 2.24) is 0 Å². The average molecular weight is 764 g/mol. The maximum Gasteiger partial charge on any atom is 0.472 e. The van der Waals surface area contributed by atoms with Crippen molar-refractivity contribution in [3.8, 4) is 0 Å². The molecule has 0 saturated heterocycles. The molecular formula is C43H74NO8P. The summed E-state index contributed by atoms with van der Waals surface area (Å²) in [5.74, 6) is -0.880. The number of esters is 2. The minimum absolute atomic E-state index is 0.0436. The van der Waals surface area contributed by atoms with Crippen LogP contribution in [0.5, 0.6) is 0 Å². The number of allylic oxidation sites excluding steroid dienone is 12. The third-order valence-electron chi connectivity index (χ3n) is 8.08. The summed E-state index contributed by atoms with van der Waals surface area (Å²) in [6.07, 6.45) is 46.4. The Hall–Kier alpha value is -2.55. The molecule has 0 aliphatic heterocycles. The molecule has 0 radical (unpaired) electrons. The van der Waals surface area contributed by atoms with Crippen molar-refractivity contribution in [3.63, 3.8) is 0 Å². The van der Waals surface area contributed by atoms with E-state index in [2.05, 4.69) is 86.8 Å². The summed E-state index contributed by atoms with van der Waals surface area (Å²) in [5, 5.41) is 0. The predicted molar refractivity (Wildman–Crippen MR) is 219 cm³/mol. The Morgan fingerprint density at radius 1 is 0.585 bits per heavy atom. The lowest BCUT2D eigenvalue weighted by Crippen LogP contribution is -2.29. The number of carbonyl (C=O) groups is 2. The first-order valence-electron chi connectivity index (χ1n) is 20.4. The summed E-state index contributed by atoms with van der Waals surface area (Å²) in [4.78, 5) is 34.8. The number of carbonyl (C=O) groups excluding carboxylic acids is 2. The van der Waals surface area contributed by atoms with E-state index < -0.39 is 32.5 Å². The smallest absolute Gasteiger partial charge is 0.462 e. The molecule has 9 nitrogen and oxygen atoms in total. The number of rotatable bonds is 37. The molecule has 0 aromatic carbocycles. The standard InChI is InChI=1S/C43H74NO8P/c1-3-5-7-9-11-13-15-17-19-20-22-23-25-27-29-31-33-35-42(45)49-39-41(40-51-53(47,48)50-38-37-44)52-43(46)36-34-32-30-28-26-24-21-18-16-14-12-10-8-6-4-2/h5,7,11-14,17-19,21-23,41H,3-4,6,8-10,15-16,20,24-40,44H2,1-2H3,(H,47,48). The van der Waals surface area contributed by atoms with Crippen molar-refractivity contribution in [2.24, 2.45) is 5.73 Å². The molecule has 0 aliphatic rings. The van der Waals surface area contributed by atoms with Gasteiger partial charge in [-0.25, -0.2) is 4.57 Å². The second-order valence-electron chi connectivity index (χ2n) is 13.1. The molecule has 0 amide bonds. The van der Waals surface area contributed by atoms with E-state index in [0.717, 1.165) is 89.9 Å². The van der Waals surface area contributed by atoms with E-state index in [0.29, 0.717) is 12.8 Å². The van der Waals surface area contributed by atoms with Gasteiger partial charge in [0.15, 0.2) is 6.10 Å². The monoisotopic (exact) mass is 764 g/mol. The Bertz CT molecular complexity index is 1100. The Kier molecular flexibility index (Phi) is 37.3. The van der Waals surface area contributed by atoms with Crippen LogP contribution in [0.2, 0.25) is 0 Å².